The molecule has 1 saturated carbocycles. The number of hydrogen-bond donors (Lipinski definition) is 1. The van der Waals surface area contributed by atoms with Crippen molar-refractivity contribution < 1.29 is 0 Å². The van der Waals surface area contributed by atoms with E-state index in [4.69, 9.17) is 0 Å². The van der Waals surface area contributed by atoms with Crippen molar-refractivity contribution >= 4 is 0 Å². The monoisotopic (exact) mass is 210 g/mol. The molecule has 0 aromatic rings. The normalized spacial score (nSPS) is 29.8. The van der Waals surface area contributed by atoms with Crippen LogP contribution in [0.3, 0.4) is 0 Å². The van der Waals surface area contributed by atoms with Crippen LogP contribution in [0, 0.1) is 0 Å². The van der Waals surface area contributed by atoms with E-state index >= 15 is 0 Å². The molecule has 2 heteroatoms. The highest BCUT2D eigenvalue weighted by atomic mass is 15.3. The molecule has 0 spiro atoms. The van der Waals surface area contributed by atoms with Crippen molar-refractivity contribution in [3.05, 3.63) is 0 Å². The second-order valence-electron chi connectivity index (χ2n) is 5.69. The van der Waals surface area contributed by atoms with Gasteiger partial charge >= 0.3 is 0 Å². The minimum atomic E-state index is 0.400. The molecular formula is C13H26N2. The van der Waals surface area contributed by atoms with Gasteiger partial charge < -0.3 is 5.32 Å². The third-order valence-electron chi connectivity index (χ3n) is 4.92. The first-order chi connectivity index (χ1) is 7.14. The van der Waals surface area contributed by atoms with E-state index in [1.807, 2.05) is 0 Å². The summed E-state index contributed by atoms with van der Waals surface area (Å²) in [5.41, 5.74) is 0.939. The molecule has 0 aromatic carbocycles. The zero-order valence-corrected chi connectivity index (χ0v) is 10.6. The van der Waals surface area contributed by atoms with Gasteiger partial charge in [0.2, 0.25) is 0 Å². The Bertz CT molecular complexity index is 217. The third kappa shape index (κ3) is 1.94. The van der Waals surface area contributed by atoms with Gasteiger partial charge in [-0.15, -0.1) is 0 Å². The third-order valence-corrected chi connectivity index (χ3v) is 4.92. The molecule has 0 atom stereocenters. The van der Waals surface area contributed by atoms with Crippen LogP contribution in [0.1, 0.15) is 52.9 Å². The molecule has 2 rings (SSSR count). The van der Waals surface area contributed by atoms with E-state index in [9.17, 15) is 0 Å². The van der Waals surface area contributed by atoms with Crippen molar-refractivity contribution in [2.24, 2.45) is 0 Å². The molecule has 2 nitrogen and oxygen atoms in total. The fraction of sp³-hybridized carbons (Fsp3) is 1.00. The van der Waals surface area contributed by atoms with Gasteiger partial charge in [-0.05, 0) is 39.0 Å². The Balaban J connectivity index is 2.03. The van der Waals surface area contributed by atoms with Crippen molar-refractivity contribution in [3.8, 4) is 0 Å². The highest BCUT2D eigenvalue weighted by Gasteiger charge is 2.43. The molecule has 1 saturated heterocycles. The van der Waals surface area contributed by atoms with Crippen LogP contribution in [-0.2, 0) is 0 Å². The zero-order chi connectivity index (χ0) is 10.9. The predicted octanol–water partition coefficient (Wildman–Crippen LogP) is 2.39. The molecule has 1 aliphatic carbocycles. The fourth-order valence-electron chi connectivity index (χ4n) is 3.15. The predicted molar refractivity (Wildman–Crippen MR) is 65.1 cm³/mol. The number of piperazine rings is 1. The maximum Gasteiger partial charge on any atom is 0.0304 e. The average Bonchev–Trinajstić information content (AvgIpc) is 2.26. The van der Waals surface area contributed by atoms with Gasteiger partial charge in [-0.2, -0.15) is 0 Å². The number of nitrogens with one attached hydrogen (secondary N) is 1. The maximum absolute atomic E-state index is 3.74. The van der Waals surface area contributed by atoms with Gasteiger partial charge in [0.05, 0.1) is 0 Å². The quantitative estimate of drug-likeness (QED) is 0.769. The first kappa shape index (κ1) is 11.4. The molecule has 2 fully saturated rings. The minimum Gasteiger partial charge on any atom is -0.309 e. The van der Waals surface area contributed by atoms with Gasteiger partial charge in [-0.1, -0.05) is 13.8 Å². The Morgan fingerprint density at radius 1 is 1.20 bits per heavy atom. The van der Waals surface area contributed by atoms with Crippen LogP contribution in [0.25, 0.3) is 0 Å². The Kier molecular flexibility index (Phi) is 3.09. The second kappa shape index (κ2) is 4.06. The van der Waals surface area contributed by atoms with Crippen molar-refractivity contribution in [2.45, 2.75) is 64.0 Å². The van der Waals surface area contributed by atoms with Crippen molar-refractivity contribution in [2.75, 3.05) is 19.6 Å². The molecule has 15 heavy (non-hydrogen) atoms. The van der Waals surface area contributed by atoms with Crippen molar-refractivity contribution in [1.29, 1.82) is 0 Å². The Morgan fingerprint density at radius 2 is 1.87 bits per heavy atom. The summed E-state index contributed by atoms with van der Waals surface area (Å²) in [4.78, 5) is 2.75. The smallest absolute Gasteiger partial charge is 0.0304 e. The summed E-state index contributed by atoms with van der Waals surface area (Å²) in [5, 5.41) is 3.74. The van der Waals surface area contributed by atoms with Crippen LogP contribution in [0.15, 0.2) is 0 Å². The zero-order valence-electron chi connectivity index (χ0n) is 10.6. The summed E-state index contributed by atoms with van der Waals surface area (Å²) in [5.74, 6) is 0. The van der Waals surface area contributed by atoms with E-state index < -0.39 is 0 Å². The van der Waals surface area contributed by atoms with E-state index in [0.29, 0.717) is 11.1 Å². The van der Waals surface area contributed by atoms with Gasteiger partial charge in [-0.25, -0.2) is 0 Å². The van der Waals surface area contributed by atoms with E-state index in [1.165, 1.54) is 51.7 Å². The van der Waals surface area contributed by atoms with E-state index in [-0.39, 0.29) is 0 Å². The van der Waals surface area contributed by atoms with Gasteiger partial charge in [0.1, 0.15) is 0 Å². The fourth-order valence-corrected chi connectivity index (χ4v) is 3.15. The SMILES string of the molecule is CCC1(CC)CN(C2(C)CCC2)CCN1. The van der Waals surface area contributed by atoms with Gasteiger partial charge in [0.25, 0.3) is 0 Å². The Hall–Kier alpha value is -0.0800. The molecule has 0 aromatic heterocycles. The minimum absolute atomic E-state index is 0.400. The average molecular weight is 210 g/mol. The molecular weight excluding hydrogens is 184 g/mol. The van der Waals surface area contributed by atoms with Gasteiger partial charge in [0.15, 0.2) is 0 Å². The first-order valence-electron chi connectivity index (χ1n) is 6.64. The van der Waals surface area contributed by atoms with Crippen molar-refractivity contribution in [3.63, 3.8) is 0 Å². The number of rotatable bonds is 3. The summed E-state index contributed by atoms with van der Waals surface area (Å²) in [7, 11) is 0. The lowest BCUT2D eigenvalue weighted by Crippen LogP contribution is -2.66. The van der Waals surface area contributed by atoms with Crippen molar-refractivity contribution in [1.82, 2.24) is 10.2 Å². The van der Waals surface area contributed by atoms with E-state index in [1.54, 1.807) is 0 Å². The standard InChI is InChI=1S/C13H26N2/c1-4-13(5-2)11-15(10-9-14-13)12(3)7-6-8-12/h14H,4-11H2,1-3H3. The van der Waals surface area contributed by atoms with Crippen LogP contribution in [0.5, 0.6) is 0 Å². The van der Waals surface area contributed by atoms with Crippen LogP contribution >= 0.6 is 0 Å². The Morgan fingerprint density at radius 3 is 2.33 bits per heavy atom. The number of nitrogens with zero attached hydrogens (tertiary/aromatic N) is 1. The summed E-state index contributed by atoms with van der Waals surface area (Å²) < 4.78 is 0. The molecule has 0 radical (unpaired) electrons. The molecule has 88 valence electrons. The summed E-state index contributed by atoms with van der Waals surface area (Å²) in [6.45, 7) is 10.8. The molecule has 1 N–H and O–H groups in total. The second-order valence-corrected chi connectivity index (χ2v) is 5.69. The summed E-state index contributed by atoms with van der Waals surface area (Å²) in [6, 6.07) is 0. The largest absolute Gasteiger partial charge is 0.309 e. The van der Waals surface area contributed by atoms with Crippen LogP contribution in [0.4, 0.5) is 0 Å². The lowest BCUT2D eigenvalue weighted by atomic mass is 9.75. The van der Waals surface area contributed by atoms with Crippen LogP contribution in [-0.4, -0.2) is 35.6 Å². The lowest BCUT2D eigenvalue weighted by Gasteiger charge is -2.54. The van der Waals surface area contributed by atoms with Crippen LogP contribution < -0.4 is 5.32 Å². The lowest BCUT2D eigenvalue weighted by molar-refractivity contribution is -0.0145. The summed E-state index contributed by atoms with van der Waals surface area (Å²) >= 11 is 0. The molecule has 1 heterocycles. The number of hydrogen-bond acceptors (Lipinski definition) is 2. The Labute approximate surface area is 94.4 Å². The topological polar surface area (TPSA) is 15.3 Å². The highest BCUT2D eigenvalue weighted by Crippen LogP contribution is 2.39. The molecule has 0 unspecified atom stereocenters. The van der Waals surface area contributed by atoms with E-state index in [2.05, 4.69) is 31.0 Å². The highest BCUT2D eigenvalue weighted by molar-refractivity contribution is 5.01. The van der Waals surface area contributed by atoms with Gasteiger partial charge in [0, 0.05) is 30.7 Å². The molecule has 1 aliphatic heterocycles. The maximum atomic E-state index is 3.74. The molecule has 2 aliphatic rings. The first-order valence-corrected chi connectivity index (χ1v) is 6.64. The molecule has 0 amide bonds. The van der Waals surface area contributed by atoms with Crippen LogP contribution in [0.2, 0.25) is 0 Å². The summed E-state index contributed by atoms with van der Waals surface area (Å²) in [6.07, 6.45) is 6.78. The van der Waals surface area contributed by atoms with Gasteiger partial charge in [-0.3, -0.25) is 4.90 Å². The molecule has 0 bridgehead atoms. The van der Waals surface area contributed by atoms with E-state index in [0.717, 1.165) is 0 Å².